The van der Waals surface area contributed by atoms with Crippen LogP contribution < -0.4 is 10.1 Å². The van der Waals surface area contributed by atoms with Gasteiger partial charge in [0.25, 0.3) is 5.91 Å². The molecule has 1 aromatic carbocycles. The van der Waals surface area contributed by atoms with E-state index in [-0.39, 0.29) is 12.5 Å². The number of aromatic amines is 1. The lowest BCUT2D eigenvalue weighted by Crippen LogP contribution is -2.23. The van der Waals surface area contributed by atoms with E-state index in [2.05, 4.69) is 25.6 Å². The zero-order chi connectivity index (χ0) is 21.8. The number of carbonyl (C=O) groups excluding carboxylic acids is 1. The summed E-state index contributed by atoms with van der Waals surface area (Å²) in [7, 11) is 1.89. The molecule has 3 aromatic heterocycles. The Kier molecular flexibility index (Phi) is 5.79. The molecule has 1 amide bonds. The summed E-state index contributed by atoms with van der Waals surface area (Å²) in [6.07, 6.45) is 1.67. The lowest BCUT2D eigenvalue weighted by molar-refractivity contribution is 0.0945. The lowest BCUT2D eigenvalue weighted by Gasteiger charge is -2.11. The Morgan fingerprint density at radius 2 is 1.97 bits per heavy atom. The predicted molar refractivity (Wildman–Crippen MR) is 116 cm³/mol. The smallest absolute Gasteiger partial charge is 0.269 e. The van der Waals surface area contributed by atoms with Crippen LogP contribution in [0.1, 0.15) is 33.0 Å². The molecular weight excluding hydrogens is 392 g/mol. The Bertz CT molecular complexity index is 1200. The van der Waals surface area contributed by atoms with Gasteiger partial charge in [0, 0.05) is 36.6 Å². The Labute approximate surface area is 180 Å². The molecule has 2 N–H and O–H groups in total. The largest absolute Gasteiger partial charge is 0.473 e. The fraction of sp³-hybridized carbons (Fsp3) is 0.217. The highest BCUT2D eigenvalue weighted by molar-refractivity contribution is 5.93. The van der Waals surface area contributed by atoms with Gasteiger partial charge in [-0.3, -0.25) is 14.6 Å². The third-order valence-electron chi connectivity index (χ3n) is 5.10. The maximum absolute atomic E-state index is 12.7. The summed E-state index contributed by atoms with van der Waals surface area (Å²) in [5, 5.41) is 14.4. The summed E-state index contributed by atoms with van der Waals surface area (Å²) >= 11 is 0. The van der Waals surface area contributed by atoms with Crippen molar-refractivity contribution in [1.29, 1.82) is 0 Å². The Hall–Kier alpha value is -3.94. The highest BCUT2D eigenvalue weighted by Crippen LogP contribution is 2.25. The second-order valence-corrected chi connectivity index (χ2v) is 7.26. The van der Waals surface area contributed by atoms with Gasteiger partial charge in [0.1, 0.15) is 12.3 Å². The number of hydrogen-bond donors (Lipinski definition) is 2. The number of aromatic nitrogens is 5. The summed E-state index contributed by atoms with van der Waals surface area (Å²) in [6.45, 7) is 4.60. The second-order valence-electron chi connectivity index (χ2n) is 7.26. The number of pyridine rings is 1. The van der Waals surface area contributed by atoms with Gasteiger partial charge >= 0.3 is 0 Å². The molecule has 0 spiro atoms. The first-order chi connectivity index (χ1) is 15.0. The number of benzene rings is 1. The van der Waals surface area contributed by atoms with Gasteiger partial charge < -0.3 is 10.1 Å². The van der Waals surface area contributed by atoms with Crippen molar-refractivity contribution in [2.24, 2.45) is 7.05 Å². The van der Waals surface area contributed by atoms with Crippen molar-refractivity contribution in [3.8, 4) is 17.1 Å². The number of H-pyrrole nitrogens is 1. The molecule has 0 aliphatic rings. The molecular formula is C23H24N6O2. The maximum atomic E-state index is 12.7. The Balaban J connectivity index is 1.42. The molecule has 0 bridgehead atoms. The van der Waals surface area contributed by atoms with E-state index >= 15 is 0 Å². The van der Waals surface area contributed by atoms with Gasteiger partial charge in [-0.1, -0.05) is 36.4 Å². The van der Waals surface area contributed by atoms with E-state index in [4.69, 9.17) is 4.74 Å². The molecule has 0 atom stereocenters. The van der Waals surface area contributed by atoms with Gasteiger partial charge in [0.05, 0.1) is 11.4 Å². The van der Waals surface area contributed by atoms with E-state index in [0.29, 0.717) is 23.9 Å². The van der Waals surface area contributed by atoms with Crippen LogP contribution >= 0.6 is 0 Å². The van der Waals surface area contributed by atoms with Gasteiger partial charge in [0.2, 0.25) is 5.88 Å². The first kappa shape index (κ1) is 20.3. The third-order valence-corrected chi connectivity index (χ3v) is 5.10. The fourth-order valence-corrected chi connectivity index (χ4v) is 3.40. The molecule has 3 heterocycles. The topological polar surface area (TPSA) is 97.7 Å². The average molecular weight is 416 g/mol. The molecule has 0 saturated heterocycles. The first-order valence-corrected chi connectivity index (χ1v) is 9.97. The first-order valence-electron chi connectivity index (χ1n) is 9.97. The van der Waals surface area contributed by atoms with Crippen LogP contribution in [0.5, 0.6) is 5.88 Å². The highest BCUT2D eigenvalue weighted by Gasteiger charge is 2.17. The minimum atomic E-state index is -0.254. The van der Waals surface area contributed by atoms with Gasteiger partial charge in [0.15, 0.2) is 0 Å². The van der Waals surface area contributed by atoms with Crippen LogP contribution in [-0.2, 0) is 20.2 Å². The fourth-order valence-electron chi connectivity index (χ4n) is 3.40. The second kappa shape index (κ2) is 8.83. The van der Waals surface area contributed by atoms with Crippen molar-refractivity contribution >= 4 is 5.91 Å². The van der Waals surface area contributed by atoms with Crippen LogP contribution in [0.4, 0.5) is 0 Å². The highest BCUT2D eigenvalue weighted by atomic mass is 16.5. The number of ether oxygens (including phenoxy) is 1. The molecule has 0 fully saturated rings. The molecule has 0 aliphatic carbocycles. The Morgan fingerprint density at radius 1 is 1.16 bits per heavy atom. The van der Waals surface area contributed by atoms with Gasteiger partial charge in [-0.2, -0.15) is 10.2 Å². The zero-order valence-electron chi connectivity index (χ0n) is 17.7. The van der Waals surface area contributed by atoms with E-state index in [1.54, 1.807) is 16.9 Å². The number of nitrogens with zero attached hydrogens (tertiary/aromatic N) is 4. The molecule has 0 radical (unpaired) electrons. The number of rotatable bonds is 7. The maximum Gasteiger partial charge on any atom is 0.269 e. The van der Waals surface area contributed by atoms with Crippen molar-refractivity contribution in [2.75, 3.05) is 0 Å². The molecule has 0 aliphatic heterocycles. The number of hydrogen-bond acceptors (Lipinski definition) is 5. The van der Waals surface area contributed by atoms with E-state index in [1.165, 1.54) is 0 Å². The van der Waals surface area contributed by atoms with E-state index in [9.17, 15) is 4.79 Å². The van der Waals surface area contributed by atoms with E-state index in [1.807, 2.05) is 63.4 Å². The number of carbonyl (C=O) groups is 1. The quantitative estimate of drug-likeness (QED) is 0.482. The monoisotopic (exact) mass is 416 g/mol. The molecule has 8 nitrogen and oxygen atoms in total. The number of aryl methyl sites for hydroxylation is 2. The molecule has 0 saturated carbocycles. The number of amides is 1. The lowest BCUT2D eigenvalue weighted by atomic mass is 10.1. The van der Waals surface area contributed by atoms with Crippen molar-refractivity contribution in [3.05, 3.63) is 82.9 Å². The van der Waals surface area contributed by atoms with Crippen LogP contribution in [0.25, 0.3) is 11.3 Å². The molecule has 158 valence electrons. The Morgan fingerprint density at radius 3 is 2.71 bits per heavy atom. The number of nitrogens with one attached hydrogen (secondary N) is 2. The molecule has 4 rings (SSSR count). The standard InChI is InChI=1S/C23H24N6O2/c1-15-21(16(2)29(3)28-15)19-12-20(27-26-19)22(30)25-13-18-10-7-11-24-23(18)31-14-17-8-5-4-6-9-17/h4-12H,13-14H2,1-3H3,(H,25,30)(H,26,27). The van der Waals surface area contributed by atoms with Crippen LogP contribution in [0, 0.1) is 13.8 Å². The van der Waals surface area contributed by atoms with Crippen molar-refractivity contribution in [1.82, 2.24) is 30.3 Å². The minimum absolute atomic E-state index is 0.254. The summed E-state index contributed by atoms with van der Waals surface area (Å²) in [6, 6.07) is 15.3. The summed E-state index contributed by atoms with van der Waals surface area (Å²) in [5.74, 6) is 0.245. The molecule has 0 unspecified atom stereocenters. The minimum Gasteiger partial charge on any atom is -0.473 e. The summed E-state index contributed by atoms with van der Waals surface area (Å²) in [4.78, 5) is 17.0. The SMILES string of the molecule is Cc1nn(C)c(C)c1-c1cc(C(=O)NCc2cccnc2OCc2ccccc2)[nH]n1. The van der Waals surface area contributed by atoms with Gasteiger partial charge in [-0.05, 0) is 31.5 Å². The van der Waals surface area contributed by atoms with Gasteiger partial charge in [-0.25, -0.2) is 4.98 Å². The van der Waals surface area contributed by atoms with Crippen LogP contribution in [0.3, 0.4) is 0 Å². The molecule has 4 aromatic rings. The summed E-state index contributed by atoms with van der Waals surface area (Å²) < 4.78 is 7.66. The van der Waals surface area contributed by atoms with Crippen LogP contribution in [0.15, 0.2) is 54.7 Å². The van der Waals surface area contributed by atoms with Crippen molar-refractivity contribution in [2.45, 2.75) is 27.0 Å². The summed E-state index contributed by atoms with van der Waals surface area (Å²) in [5.41, 5.74) is 5.72. The molecule has 31 heavy (non-hydrogen) atoms. The van der Waals surface area contributed by atoms with Crippen LogP contribution in [-0.4, -0.2) is 30.9 Å². The third kappa shape index (κ3) is 4.48. The molecule has 8 heteroatoms. The van der Waals surface area contributed by atoms with E-state index < -0.39 is 0 Å². The predicted octanol–water partition coefficient (Wildman–Crippen LogP) is 3.33. The van der Waals surface area contributed by atoms with Crippen molar-refractivity contribution in [3.63, 3.8) is 0 Å². The van der Waals surface area contributed by atoms with E-state index in [0.717, 1.165) is 28.1 Å². The van der Waals surface area contributed by atoms with Gasteiger partial charge in [-0.15, -0.1) is 0 Å². The average Bonchev–Trinajstić information content (AvgIpc) is 3.36. The van der Waals surface area contributed by atoms with Crippen molar-refractivity contribution < 1.29 is 9.53 Å². The van der Waals surface area contributed by atoms with Crippen LogP contribution in [0.2, 0.25) is 0 Å². The zero-order valence-corrected chi connectivity index (χ0v) is 17.7. The normalized spacial score (nSPS) is 10.8.